The maximum absolute atomic E-state index is 13.2. The summed E-state index contributed by atoms with van der Waals surface area (Å²) in [6.07, 6.45) is 1.74. The van der Waals surface area contributed by atoms with Crippen molar-refractivity contribution < 1.29 is 9.18 Å². The van der Waals surface area contributed by atoms with Crippen LogP contribution in [0.15, 0.2) is 60.8 Å². The zero-order valence-corrected chi connectivity index (χ0v) is 17.9. The predicted molar refractivity (Wildman–Crippen MR) is 119 cm³/mol. The zero-order chi connectivity index (χ0) is 21.7. The lowest BCUT2D eigenvalue weighted by molar-refractivity contribution is 0.0940. The van der Waals surface area contributed by atoms with E-state index in [1.807, 2.05) is 19.9 Å². The van der Waals surface area contributed by atoms with E-state index in [4.69, 9.17) is 0 Å². The van der Waals surface area contributed by atoms with Crippen LogP contribution in [0.3, 0.4) is 0 Å². The van der Waals surface area contributed by atoms with Crippen molar-refractivity contribution in [1.82, 2.24) is 10.3 Å². The molecule has 0 aliphatic rings. The Bertz CT molecular complexity index is 998. The highest BCUT2D eigenvalue weighted by Crippen LogP contribution is 2.19. The minimum Gasteiger partial charge on any atom is -0.365 e. The number of aryl methyl sites for hydroxylation is 1. The Balaban J connectivity index is 1.72. The summed E-state index contributed by atoms with van der Waals surface area (Å²) in [7, 11) is 0. The summed E-state index contributed by atoms with van der Waals surface area (Å²) in [4.78, 5) is 17.4. The fraction of sp³-hybridized carbons (Fsp3) is 0.280. The molecule has 0 saturated carbocycles. The molecular formula is C25H28FN3O. The Kier molecular flexibility index (Phi) is 6.83. The van der Waals surface area contributed by atoms with E-state index in [1.165, 1.54) is 17.7 Å². The average Bonchev–Trinajstić information content (AvgIpc) is 2.73. The molecule has 0 spiro atoms. The molecule has 1 heterocycles. The second-order valence-electron chi connectivity index (χ2n) is 7.91. The molecule has 0 bridgehead atoms. The van der Waals surface area contributed by atoms with Gasteiger partial charge in [0.15, 0.2) is 0 Å². The number of anilines is 1. The van der Waals surface area contributed by atoms with Crippen molar-refractivity contribution >= 4 is 11.7 Å². The van der Waals surface area contributed by atoms with Crippen molar-refractivity contribution in [3.05, 3.63) is 94.4 Å². The third-order valence-electron chi connectivity index (χ3n) is 5.09. The molecule has 2 aromatic carbocycles. The van der Waals surface area contributed by atoms with Gasteiger partial charge in [-0.25, -0.2) is 9.37 Å². The van der Waals surface area contributed by atoms with Crippen LogP contribution in [0.2, 0.25) is 0 Å². The fourth-order valence-electron chi connectivity index (χ4n) is 3.20. The number of aromatic nitrogens is 1. The highest BCUT2D eigenvalue weighted by atomic mass is 19.1. The molecule has 3 aromatic rings. The summed E-state index contributed by atoms with van der Waals surface area (Å²) in [6, 6.07) is 16.1. The maximum Gasteiger partial charge on any atom is 0.255 e. The first-order valence-electron chi connectivity index (χ1n) is 10.2. The molecule has 0 fully saturated rings. The highest BCUT2D eigenvalue weighted by Gasteiger charge is 2.16. The lowest BCUT2D eigenvalue weighted by Crippen LogP contribution is -2.27. The summed E-state index contributed by atoms with van der Waals surface area (Å²) >= 11 is 0. The Morgan fingerprint density at radius 1 is 1.00 bits per heavy atom. The van der Waals surface area contributed by atoms with E-state index in [0.717, 1.165) is 16.7 Å². The predicted octanol–water partition coefficient (Wildman–Crippen LogP) is 5.76. The summed E-state index contributed by atoms with van der Waals surface area (Å²) in [6.45, 7) is 8.68. The molecule has 156 valence electrons. The van der Waals surface area contributed by atoms with Gasteiger partial charge in [0.05, 0.1) is 11.6 Å². The van der Waals surface area contributed by atoms with Crippen LogP contribution in [0.5, 0.6) is 0 Å². The van der Waals surface area contributed by atoms with Gasteiger partial charge in [0.1, 0.15) is 11.6 Å². The molecule has 1 amide bonds. The van der Waals surface area contributed by atoms with Gasteiger partial charge in [0.2, 0.25) is 0 Å². The number of hydrogen-bond acceptors (Lipinski definition) is 3. The van der Waals surface area contributed by atoms with Crippen LogP contribution in [0, 0.1) is 12.7 Å². The van der Waals surface area contributed by atoms with Gasteiger partial charge < -0.3 is 10.6 Å². The Morgan fingerprint density at radius 2 is 1.63 bits per heavy atom. The molecule has 0 saturated heterocycles. The molecular weight excluding hydrogens is 377 g/mol. The number of halogens is 1. The second kappa shape index (κ2) is 9.53. The number of benzene rings is 2. The zero-order valence-electron chi connectivity index (χ0n) is 17.9. The summed E-state index contributed by atoms with van der Waals surface area (Å²) in [5.74, 6) is 0.510. The van der Waals surface area contributed by atoms with Crippen LogP contribution in [0.1, 0.15) is 65.3 Å². The van der Waals surface area contributed by atoms with Crippen LogP contribution in [0.4, 0.5) is 10.2 Å². The molecule has 0 radical (unpaired) electrons. The third-order valence-corrected chi connectivity index (χ3v) is 5.09. The number of hydrogen-bond donors (Lipinski definition) is 2. The van der Waals surface area contributed by atoms with Gasteiger partial charge in [0.25, 0.3) is 5.91 Å². The Hall–Kier alpha value is -3.21. The lowest BCUT2D eigenvalue weighted by atomic mass is 10.0. The van der Waals surface area contributed by atoms with Gasteiger partial charge in [0, 0.05) is 12.7 Å². The van der Waals surface area contributed by atoms with Crippen molar-refractivity contribution in [2.45, 2.75) is 46.2 Å². The molecule has 1 atom stereocenters. The van der Waals surface area contributed by atoms with E-state index < -0.39 is 0 Å². The van der Waals surface area contributed by atoms with Gasteiger partial charge >= 0.3 is 0 Å². The minimum absolute atomic E-state index is 0.222. The van der Waals surface area contributed by atoms with E-state index in [2.05, 4.69) is 53.7 Å². The summed E-state index contributed by atoms with van der Waals surface area (Å²) < 4.78 is 13.2. The lowest BCUT2D eigenvalue weighted by Gasteiger charge is -2.17. The van der Waals surface area contributed by atoms with Gasteiger partial charge in [-0.15, -0.1) is 0 Å². The van der Waals surface area contributed by atoms with Crippen LogP contribution < -0.4 is 10.6 Å². The smallest absolute Gasteiger partial charge is 0.255 e. The number of carbonyl (C=O) groups excluding carboxylic acids is 1. The summed E-state index contributed by atoms with van der Waals surface area (Å²) in [5, 5.41) is 6.26. The number of rotatable bonds is 7. The van der Waals surface area contributed by atoms with Gasteiger partial charge in [-0.2, -0.15) is 0 Å². The van der Waals surface area contributed by atoms with Crippen LogP contribution >= 0.6 is 0 Å². The van der Waals surface area contributed by atoms with Gasteiger partial charge in [-0.3, -0.25) is 4.79 Å². The number of amides is 1. The number of pyridine rings is 1. The quantitative estimate of drug-likeness (QED) is 0.526. The largest absolute Gasteiger partial charge is 0.365 e. The third kappa shape index (κ3) is 5.44. The van der Waals surface area contributed by atoms with E-state index in [1.54, 1.807) is 18.3 Å². The van der Waals surface area contributed by atoms with Crippen LogP contribution in [-0.4, -0.2) is 10.9 Å². The monoisotopic (exact) mass is 405 g/mol. The first-order valence-corrected chi connectivity index (χ1v) is 10.2. The van der Waals surface area contributed by atoms with E-state index >= 15 is 0 Å². The van der Waals surface area contributed by atoms with Crippen molar-refractivity contribution in [3.8, 4) is 0 Å². The first kappa shape index (κ1) is 21.5. The Labute approximate surface area is 177 Å². The first-order chi connectivity index (χ1) is 14.3. The minimum atomic E-state index is -0.298. The second-order valence-corrected chi connectivity index (χ2v) is 7.91. The highest BCUT2D eigenvalue weighted by molar-refractivity contribution is 5.99. The fourth-order valence-corrected chi connectivity index (χ4v) is 3.20. The molecule has 0 aliphatic heterocycles. The van der Waals surface area contributed by atoms with Crippen LogP contribution in [-0.2, 0) is 6.54 Å². The molecule has 2 N–H and O–H groups in total. The van der Waals surface area contributed by atoms with Crippen molar-refractivity contribution in [2.24, 2.45) is 0 Å². The molecule has 5 heteroatoms. The van der Waals surface area contributed by atoms with Crippen molar-refractivity contribution in [3.63, 3.8) is 0 Å². The van der Waals surface area contributed by atoms with E-state index in [-0.39, 0.29) is 17.8 Å². The van der Waals surface area contributed by atoms with E-state index in [9.17, 15) is 9.18 Å². The molecule has 1 aromatic heterocycles. The summed E-state index contributed by atoms with van der Waals surface area (Å²) in [5.41, 5.74) is 4.64. The molecule has 0 aliphatic carbocycles. The topological polar surface area (TPSA) is 54.0 Å². The normalized spacial score (nSPS) is 11.9. The van der Waals surface area contributed by atoms with Crippen LogP contribution in [0.25, 0.3) is 0 Å². The van der Waals surface area contributed by atoms with Crippen molar-refractivity contribution in [2.75, 3.05) is 5.32 Å². The maximum atomic E-state index is 13.2. The molecule has 1 unspecified atom stereocenters. The van der Waals surface area contributed by atoms with E-state index in [0.29, 0.717) is 23.8 Å². The SMILES string of the molecule is Cc1cnc(NCc2ccc(C(C)C)cc2)c(C(=O)NC(C)c2ccc(F)cc2)c1. The standard InChI is InChI=1S/C25H28FN3O/c1-16(2)20-7-5-19(6-8-20)15-28-24-23(13-17(3)14-27-24)25(30)29-18(4)21-9-11-22(26)12-10-21/h5-14,16,18H,15H2,1-4H3,(H,27,28)(H,29,30). The number of nitrogens with zero attached hydrogens (tertiary/aromatic N) is 1. The molecule has 4 nitrogen and oxygen atoms in total. The molecule has 30 heavy (non-hydrogen) atoms. The molecule has 3 rings (SSSR count). The van der Waals surface area contributed by atoms with Crippen molar-refractivity contribution in [1.29, 1.82) is 0 Å². The van der Waals surface area contributed by atoms with Gasteiger partial charge in [-0.1, -0.05) is 50.2 Å². The average molecular weight is 406 g/mol. The number of carbonyl (C=O) groups is 1. The Morgan fingerprint density at radius 3 is 2.27 bits per heavy atom. The van der Waals surface area contributed by atoms with Gasteiger partial charge in [-0.05, 0) is 60.2 Å². The number of nitrogens with one attached hydrogen (secondary N) is 2.